The summed E-state index contributed by atoms with van der Waals surface area (Å²) in [6, 6.07) is 0. The Morgan fingerprint density at radius 2 is 2.10 bits per heavy atom. The molecular weight excluding hydrogens is 256 g/mol. The quantitative estimate of drug-likeness (QED) is 0.722. The fourth-order valence-corrected chi connectivity index (χ4v) is 2.33. The number of nitrogens with zero attached hydrogens (tertiary/aromatic N) is 3. The number of fused-ring (bicyclic) bond motifs is 1. The van der Waals surface area contributed by atoms with Gasteiger partial charge in [0.05, 0.1) is 25.3 Å². The van der Waals surface area contributed by atoms with E-state index in [1.807, 2.05) is 0 Å². The molecule has 0 aromatic carbocycles. The van der Waals surface area contributed by atoms with Crippen molar-refractivity contribution >= 4 is 11.2 Å². The van der Waals surface area contributed by atoms with E-state index in [0.717, 1.165) is 19.3 Å². The Balaban J connectivity index is 1.88. The minimum Gasteiger partial charge on any atom is -0.391 e. The molecule has 0 saturated carbocycles. The number of nitrogens with one attached hydrogen (secondary N) is 1. The topological polar surface area (TPSA) is 83.8 Å². The zero-order valence-corrected chi connectivity index (χ0v) is 11.9. The van der Waals surface area contributed by atoms with E-state index in [1.54, 1.807) is 10.9 Å². The van der Waals surface area contributed by atoms with Gasteiger partial charge in [0.2, 0.25) is 0 Å². The lowest BCUT2D eigenvalue weighted by molar-refractivity contribution is 0.142. The van der Waals surface area contributed by atoms with E-state index < -0.39 is 6.10 Å². The molecule has 2 rings (SSSR count). The molecule has 0 radical (unpaired) electrons. The van der Waals surface area contributed by atoms with Gasteiger partial charge in [-0.25, -0.2) is 9.97 Å². The number of H-pyrrole nitrogens is 1. The smallest absolute Gasteiger partial charge is 0.278 e. The number of aromatic nitrogens is 4. The van der Waals surface area contributed by atoms with Crippen LogP contribution in [0.2, 0.25) is 0 Å². The second kappa shape index (κ2) is 7.19. The molecule has 6 heteroatoms. The van der Waals surface area contributed by atoms with Crippen LogP contribution in [0.3, 0.4) is 0 Å². The number of unbranched alkanes of at least 4 members (excludes halogenated alkanes) is 4. The molecule has 0 aliphatic carbocycles. The lowest BCUT2D eigenvalue weighted by Crippen LogP contribution is -2.16. The van der Waals surface area contributed by atoms with Crippen molar-refractivity contribution < 1.29 is 5.11 Å². The summed E-state index contributed by atoms with van der Waals surface area (Å²) in [5.41, 5.74) is 0.601. The lowest BCUT2D eigenvalue weighted by atomic mass is 10.1. The maximum absolute atomic E-state index is 11.5. The molecule has 2 heterocycles. The van der Waals surface area contributed by atoms with Crippen molar-refractivity contribution in [1.29, 1.82) is 0 Å². The summed E-state index contributed by atoms with van der Waals surface area (Å²) >= 11 is 0. The van der Waals surface area contributed by atoms with Crippen LogP contribution < -0.4 is 5.56 Å². The molecular formula is C14H22N4O2. The summed E-state index contributed by atoms with van der Waals surface area (Å²) in [7, 11) is 0. The average Bonchev–Trinajstić information content (AvgIpc) is 2.83. The predicted molar refractivity (Wildman–Crippen MR) is 77.5 cm³/mol. The van der Waals surface area contributed by atoms with Crippen molar-refractivity contribution in [2.24, 2.45) is 0 Å². The molecule has 0 aliphatic heterocycles. The van der Waals surface area contributed by atoms with Gasteiger partial charge in [-0.3, -0.25) is 4.79 Å². The fraction of sp³-hybridized carbons (Fsp3) is 0.643. The Labute approximate surface area is 117 Å². The van der Waals surface area contributed by atoms with Crippen LogP contribution in [0, 0.1) is 0 Å². The van der Waals surface area contributed by atoms with Crippen LogP contribution in [-0.2, 0) is 6.54 Å². The molecule has 110 valence electrons. The molecule has 20 heavy (non-hydrogen) atoms. The SMILES string of the molecule is CCCCCCCC(O)Cn1cnc2c(=O)[nH]cnc21. The zero-order chi connectivity index (χ0) is 14.4. The Morgan fingerprint density at radius 1 is 1.30 bits per heavy atom. The lowest BCUT2D eigenvalue weighted by Gasteiger charge is -2.11. The third-order valence-electron chi connectivity index (χ3n) is 3.46. The molecule has 0 spiro atoms. The largest absolute Gasteiger partial charge is 0.391 e. The van der Waals surface area contributed by atoms with Gasteiger partial charge in [0, 0.05) is 0 Å². The summed E-state index contributed by atoms with van der Waals surface area (Å²) < 4.78 is 1.74. The molecule has 1 atom stereocenters. The average molecular weight is 278 g/mol. The minimum atomic E-state index is -0.421. The standard InChI is InChI=1S/C14H22N4O2/c1-2-3-4-5-6-7-11(19)8-18-10-17-12-13(18)15-9-16-14(12)20/h9-11,19H,2-8H2,1H3,(H,15,16,20). The third-order valence-corrected chi connectivity index (χ3v) is 3.46. The normalized spacial score (nSPS) is 12.9. The highest BCUT2D eigenvalue weighted by atomic mass is 16.3. The second-order valence-electron chi connectivity index (χ2n) is 5.16. The third kappa shape index (κ3) is 3.66. The maximum atomic E-state index is 11.5. The molecule has 0 amide bonds. The zero-order valence-electron chi connectivity index (χ0n) is 11.9. The van der Waals surface area contributed by atoms with Gasteiger partial charge < -0.3 is 14.7 Å². The van der Waals surface area contributed by atoms with E-state index in [9.17, 15) is 9.90 Å². The van der Waals surface area contributed by atoms with Gasteiger partial charge in [0.25, 0.3) is 5.56 Å². The first-order chi connectivity index (χ1) is 9.72. The molecule has 0 aliphatic rings. The Kier molecular flexibility index (Phi) is 5.29. The molecule has 2 aromatic rings. The number of imidazole rings is 1. The maximum Gasteiger partial charge on any atom is 0.278 e. The Morgan fingerprint density at radius 3 is 2.90 bits per heavy atom. The van der Waals surface area contributed by atoms with Gasteiger partial charge in [-0.05, 0) is 6.42 Å². The van der Waals surface area contributed by atoms with Gasteiger partial charge in [-0.1, -0.05) is 39.0 Å². The van der Waals surface area contributed by atoms with Crippen molar-refractivity contribution in [2.75, 3.05) is 0 Å². The second-order valence-corrected chi connectivity index (χ2v) is 5.16. The van der Waals surface area contributed by atoms with Crippen LogP contribution in [-0.4, -0.2) is 30.7 Å². The minimum absolute atomic E-state index is 0.247. The van der Waals surface area contributed by atoms with Gasteiger partial charge in [0.1, 0.15) is 0 Å². The molecule has 0 fully saturated rings. The summed E-state index contributed by atoms with van der Waals surface area (Å²) in [6.07, 6.45) is 9.18. The number of aliphatic hydroxyl groups is 1. The number of aromatic amines is 1. The van der Waals surface area contributed by atoms with Crippen molar-refractivity contribution in [1.82, 2.24) is 19.5 Å². The van der Waals surface area contributed by atoms with Crippen molar-refractivity contribution in [3.05, 3.63) is 23.0 Å². The number of aliphatic hydroxyl groups excluding tert-OH is 1. The van der Waals surface area contributed by atoms with Crippen LogP contribution in [0.4, 0.5) is 0 Å². The molecule has 6 nitrogen and oxygen atoms in total. The van der Waals surface area contributed by atoms with Crippen molar-refractivity contribution in [3.63, 3.8) is 0 Å². The molecule has 0 saturated heterocycles. The van der Waals surface area contributed by atoms with E-state index in [-0.39, 0.29) is 5.56 Å². The first-order valence-electron chi connectivity index (χ1n) is 7.29. The van der Waals surface area contributed by atoms with Crippen LogP contribution in [0.15, 0.2) is 17.4 Å². The number of hydrogen-bond donors (Lipinski definition) is 2. The van der Waals surface area contributed by atoms with Gasteiger partial charge >= 0.3 is 0 Å². The van der Waals surface area contributed by atoms with Gasteiger partial charge in [0.15, 0.2) is 11.2 Å². The first kappa shape index (κ1) is 14.7. The highest BCUT2D eigenvalue weighted by Crippen LogP contribution is 2.10. The highest BCUT2D eigenvalue weighted by Gasteiger charge is 2.11. The Bertz CT molecular complexity index is 590. The molecule has 1 unspecified atom stereocenters. The number of rotatable bonds is 8. The van der Waals surface area contributed by atoms with Crippen molar-refractivity contribution in [2.45, 2.75) is 58.1 Å². The summed E-state index contributed by atoms with van der Waals surface area (Å²) in [5, 5.41) is 10.0. The highest BCUT2D eigenvalue weighted by molar-refractivity contribution is 5.68. The van der Waals surface area contributed by atoms with Crippen LogP contribution in [0.1, 0.15) is 45.4 Å². The van der Waals surface area contributed by atoms with E-state index in [2.05, 4.69) is 21.9 Å². The van der Waals surface area contributed by atoms with E-state index >= 15 is 0 Å². The van der Waals surface area contributed by atoms with Crippen LogP contribution in [0.5, 0.6) is 0 Å². The van der Waals surface area contributed by atoms with E-state index in [0.29, 0.717) is 17.7 Å². The van der Waals surface area contributed by atoms with Crippen molar-refractivity contribution in [3.8, 4) is 0 Å². The monoisotopic (exact) mass is 278 g/mol. The number of hydrogen-bond acceptors (Lipinski definition) is 4. The van der Waals surface area contributed by atoms with E-state index in [4.69, 9.17) is 0 Å². The predicted octanol–water partition coefficient (Wildman–Crippen LogP) is 1.84. The first-order valence-corrected chi connectivity index (χ1v) is 7.29. The van der Waals surface area contributed by atoms with Gasteiger partial charge in [-0.15, -0.1) is 0 Å². The molecule has 2 aromatic heterocycles. The summed E-state index contributed by atoms with van der Waals surface area (Å²) in [5.74, 6) is 0. The molecule has 0 bridgehead atoms. The summed E-state index contributed by atoms with van der Waals surface area (Å²) in [4.78, 5) is 22.2. The van der Waals surface area contributed by atoms with Gasteiger partial charge in [-0.2, -0.15) is 0 Å². The van der Waals surface area contributed by atoms with Crippen LogP contribution >= 0.6 is 0 Å². The Hall–Kier alpha value is -1.69. The fourth-order valence-electron chi connectivity index (χ4n) is 2.33. The summed E-state index contributed by atoms with van der Waals surface area (Å²) in [6.45, 7) is 2.62. The van der Waals surface area contributed by atoms with E-state index in [1.165, 1.54) is 25.6 Å². The van der Waals surface area contributed by atoms with Crippen LogP contribution in [0.25, 0.3) is 11.2 Å². The molecule has 2 N–H and O–H groups in total.